The molecule has 0 radical (unpaired) electrons. The molecule has 0 bridgehead atoms. The summed E-state index contributed by atoms with van der Waals surface area (Å²) in [6.07, 6.45) is 4.82. The van der Waals surface area contributed by atoms with E-state index in [0.29, 0.717) is 22.6 Å². The Morgan fingerprint density at radius 3 is 2.41 bits per heavy atom. The van der Waals surface area contributed by atoms with Crippen LogP contribution in [0.25, 0.3) is 5.57 Å². The van der Waals surface area contributed by atoms with Gasteiger partial charge in [0.15, 0.2) is 11.9 Å². The Bertz CT molecular complexity index is 952. The lowest BCUT2D eigenvalue weighted by Crippen LogP contribution is -2.09. The lowest BCUT2D eigenvalue weighted by Gasteiger charge is -2.16. The van der Waals surface area contributed by atoms with Gasteiger partial charge in [0.1, 0.15) is 23.7 Å². The first-order valence-corrected chi connectivity index (χ1v) is 9.35. The van der Waals surface area contributed by atoms with Gasteiger partial charge in [-0.3, -0.25) is 0 Å². The molecule has 0 aliphatic heterocycles. The van der Waals surface area contributed by atoms with Crippen molar-refractivity contribution in [2.45, 2.75) is 26.6 Å². The molecule has 29 heavy (non-hydrogen) atoms. The van der Waals surface area contributed by atoms with Gasteiger partial charge in [0.25, 0.3) is 0 Å². The van der Waals surface area contributed by atoms with Crippen molar-refractivity contribution in [3.8, 4) is 23.8 Å². The lowest BCUT2D eigenvalue weighted by molar-refractivity contribution is -0.130. The largest absolute Gasteiger partial charge is 0.500 e. The summed E-state index contributed by atoms with van der Waals surface area (Å²) in [7, 11) is 1.42. The van der Waals surface area contributed by atoms with E-state index in [9.17, 15) is 9.90 Å². The quantitative estimate of drug-likeness (QED) is 0.340. The van der Waals surface area contributed by atoms with Crippen molar-refractivity contribution < 1.29 is 24.1 Å². The minimum Gasteiger partial charge on any atom is -0.500 e. The van der Waals surface area contributed by atoms with Crippen LogP contribution in [0.15, 0.2) is 42.2 Å². The molecule has 2 rings (SSSR count). The van der Waals surface area contributed by atoms with Gasteiger partial charge in [-0.05, 0) is 25.0 Å². The molecular weight excluding hydrogens is 415 g/mol. The fourth-order valence-corrected chi connectivity index (χ4v) is 3.11. The summed E-state index contributed by atoms with van der Waals surface area (Å²) >= 11 is 12.5. The third kappa shape index (κ3) is 5.60. The molecule has 0 aliphatic carbocycles. The Morgan fingerprint density at radius 2 is 1.86 bits per heavy atom. The first kappa shape index (κ1) is 22.5. The first-order valence-electron chi connectivity index (χ1n) is 8.59. The highest BCUT2D eigenvalue weighted by Crippen LogP contribution is 2.38. The third-order valence-corrected chi connectivity index (χ3v) is 4.62. The minimum atomic E-state index is -1.09. The molecule has 0 spiro atoms. The van der Waals surface area contributed by atoms with E-state index in [0.717, 1.165) is 0 Å². The van der Waals surface area contributed by atoms with Crippen LogP contribution in [0, 0.1) is 12.3 Å². The summed E-state index contributed by atoms with van der Waals surface area (Å²) in [4.78, 5) is 11.7. The molecule has 0 aromatic heterocycles. The molecule has 2 aromatic rings. The molecule has 0 saturated carbocycles. The zero-order chi connectivity index (χ0) is 21.6. The molecule has 0 fully saturated rings. The molecule has 1 unspecified atom stereocenters. The number of allylic oxidation sites excluding steroid dienone is 1. The minimum absolute atomic E-state index is 0.0646. The van der Waals surface area contributed by atoms with Crippen LogP contribution in [0.4, 0.5) is 0 Å². The number of carboxylic acids is 1. The van der Waals surface area contributed by atoms with Crippen molar-refractivity contribution >= 4 is 34.7 Å². The monoisotopic (exact) mass is 434 g/mol. The summed E-state index contributed by atoms with van der Waals surface area (Å²) in [6.45, 7) is 3.39. The number of hydrogen-bond acceptors (Lipinski definition) is 4. The Hall–Kier alpha value is -2.81. The van der Waals surface area contributed by atoms with Crippen LogP contribution in [0.2, 0.25) is 10.0 Å². The molecule has 0 saturated heterocycles. The fraction of sp³-hybridized carbons (Fsp3) is 0.227. The number of methoxy groups -OCH3 is 1. The van der Waals surface area contributed by atoms with Gasteiger partial charge in [-0.15, -0.1) is 6.42 Å². The summed E-state index contributed by atoms with van der Waals surface area (Å²) in [5.41, 5.74) is 1.23. The van der Waals surface area contributed by atoms with Gasteiger partial charge in [0.05, 0.1) is 17.2 Å². The normalized spacial score (nSPS) is 12.4. The molecule has 0 amide bonds. The van der Waals surface area contributed by atoms with Gasteiger partial charge in [0, 0.05) is 12.1 Å². The Kier molecular flexibility index (Phi) is 7.83. The molecule has 152 valence electrons. The van der Waals surface area contributed by atoms with Crippen molar-refractivity contribution in [3.63, 3.8) is 0 Å². The van der Waals surface area contributed by atoms with Crippen LogP contribution >= 0.6 is 23.2 Å². The van der Waals surface area contributed by atoms with E-state index >= 15 is 0 Å². The predicted molar refractivity (Wildman–Crippen MR) is 113 cm³/mol. The number of carbonyl (C=O) groups is 1. The van der Waals surface area contributed by atoms with Crippen molar-refractivity contribution in [3.05, 3.63) is 63.3 Å². The number of rotatable bonds is 8. The summed E-state index contributed by atoms with van der Waals surface area (Å²) in [5, 5.41) is 10.1. The second kappa shape index (κ2) is 10.1. The summed E-state index contributed by atoms with van der Waals surface area (Å²) in [6, 6.07) is 10.1. The molecule has 1 N–H and O–H groups in total. The second-order valence-electron chi connectivity index (χ2n) is 6.03. The third-order valence-electron chi connectivity index (χ3n) is 4.05. The molecular formula is C22H20Cl2O5. The standard InChI is InChI=1S/C22H20Cl2O5/c1-5-13(2)29-21-18(23)10-16(11-19(21)24)28-12-15-8-6-7-9-17(15)20(22(25)26)14(3)27-4/h1,6-11,13H,12H2,2-4H3,(H,25,26). The van der Waals surface area contributed by atoms with E-state index in [2.05, 4.69) is 5.92 Å². The average Bonchev–Trinajstić information content (AvgIpc) is 2.69. The molecule has 0 aliphatic rings. The van der Waals surface area contributed by atoms with Crippen molar-refractivity contribution in [2.75, 3.05) is 7.11 Å². The highest BCUT2D eigenvalue weighted by molar-refractivity contribution is 6.37. The van der Waals surface area contributed by atoms with E-state index in [4.69, 9.17) is 43.8 Å². The number of ether oxygens (including phenoxy) is 3. The topological polar surface area (TPSA) is 65.0 Å². The number of carboxylic acid groups (broad SMARTS) is 1. The van der Waals surface area contributed by atoms with Crippen LogP contribution in [0.5, 0.6) is 11.5 Å². The van der Waals surface area contributed by atoms with Crippen LogP contribution in [-0.4, -0.2) is 24.3 Å². The van der Waals surface area contributed by atoms with Crippen LogP contribution in [0.3, 0.4) is 0 Å². The van der Waals surface area contributed by atoms with Crippen molar-refractivity contribution in [1.82, 2.24) is 0 Å². The highest BCUT2D eigenvalue weighted by Gasteiger charge is 2.19. The predicted octanol–water partition coefficient (Wildman–Crippen LogP) is 5.43. The molecule has 0 heterocycles. The van der Waals surface area contributed by atoms with Crippen LogP contribution < -0.4 is 9.47 Å². The van der Waals surface area contributed by atoms with E-state index < -0.39 is 12.1 Å². The highest BCUT2D eigenvalue weighted by atomic mass is 35.5. The van der Waals surface area contributed by atoms with Crippen LogP contribution in [0.1, 0.15) is 25.0 Å². The maximum absolute atomic E-state index is 11.7. The summed E-state index contributed by atoms with van der Waals surface area (Å²) in [5.74, 6) is 2.32. The van der Waals surface area contributed by atoms with E-state index in [1.807, 2.05) is 0 Å². The Balaban J connectivity index is 2.30. The van der Waals surface area contributed by atoms with Crippen LogP contribution in [-0.2, 0) is 16.1 Å². The van der Waals surface area contributed by atoms with Gasteiger partial charge in [-0.1, -0.05) is 53.4 Å². The Labute approximate surface area is 179 Å². The maximum atomic E-state index is 11.7. The number of aliphatic carboxylic acids is 1. The number of halogens is 2. The lowest BCUT2D eigenvalue weighted by atomic mass is 9.99. The van der Waals surface area contributed by atoms with Gasteiger partial charge < -0.3 is 19.3 Å². The smallest absolute Gasteiger partial charge is 0.339 e. The van der Waals surface area contributed by atoms with Gasteiger partial charge in [-0.2, -0.15) is 0 Å². The number of terminal acetylenes is 1. The van der Waals surface area contributed by atoms with Crippen molar-refractivity contribution in [2.24, 2.45) is 0 Å². The molecule has 2 aromatic carbocycles. The van der Waals surface area contributed by atoms with E-state index in [1.165, 1.54) is 7.11 Å². The second-order valence-corrected chi connectivity index (χ2v) is 6.84. The Morgan fingerprint density at radius 1 is 1.24 bits per heavy atom. The average molecular weight is 435 g/mol. The van der Waals surface area contributed by atoms with Gasteiger partial charge in [0.2, 0.25) is 0 Å². The van der Waals surface area contributed by atoms with Crippen molar-refractivity contribution in [1.29, 1.82) is 0 Å². The SMILES string of the molecule is C#CC(C)Oc1c(Cl)cc(OCc2ccccc2C(C(=O)O)=C(C)OC)cc1Cl. The van der Waals surface area contributed by atoms with E-state index in [1.54, 1.807) is 50.2 Å². The zero-order valence-corrected chi connectivity index (χ0v) is 17.7. The number of hydrogen-bond donors (Lipinski definition) is 1. The zero-order valence-electron chi connectivity index (χ0n) is 16.2. The fourth-order valence-electron chi connectivity index (χ4n) is 2.55. The van der Waals surface area contributed by atoms with Gasteiger partial charge in [-0.25, -0.2) is 4.79 Å². The molecule has 5 nitrogen and oxygen atoms in total. The first-order chi connectivity index (χ1) is 13.8. The maximum Gasteiger partial charge on any atom is 0.339 e. The molecule has 1 atom stereocenters. The van der Waals surface area contributed by atoms with E-state index in [-0.39, 0.29) is 28.0 Å². The summed E-state index contributed by atoms with van der Waals surface area (Å²) < 4.78 is 16.4. The van der Waals surface area contributed by atoms with Gasteiger partial charge >= 0.3 is 5.97 Å². The molecule has 7 heteroatoms. The number of benzene rings is 2.